The fourth-order valence-electron chi connectivity index (χ4n) is 3.27. The number of hydrogen-bond donors (Lipinski definition) is 0. The number of hydrogen-bond acceptors (Lipinski definition) is 3. The van der Waals surface area contributed by atoms with Crippen LogP contribution in [0.1, 0.15) is 30.0 Å². The molecule has 29 heavy (non-hydrogen) atoms. The molecule has 0 saturated heterocycles. The number of carbonyl (C=O) groups excluding carboxylic acids is 1. The highest BCUT2D eigenvalue weighted by Gasteiger charge is 2.26. The van der Waals surface area contributed by atoms with Gasteiger partial charge in [0.2, 0.25) is 0 Å². The van der Waals surface area contributed by atoms with E-state index < -0.39 is 16.8 Å². The van der Waals surface area contributed by atoms with Crippen LogP contribution >= 0.6 is 0 Å². The van der Waals surface area contributed by atoms with Crippen LogP contribution in [0, 0.1) is 5.82 Å². The summed E-state index contributed by atoms with van der Waals surface area (Å²) in [7, 11) is -1.04. The third-order valence-electron chi connectivity index (χ3n) is 4.77. The molecular formula is C24H21FO3S. The summed E-state index contributed by atoms with van der Waals surface area (Å²) in [5.41, 5.74) is 4.98. The first kappa shape index (κ1) is 20.7. The van der Waals surface area contributed by atoms with Crippen molar-refractivity contribution in [2.75, 3.05) is 6.26 Å². The van der Waals surface area contributed by atoms with Gasteiger partial charge in [-0.15, -0.1) is 0 Å². The first-order chi connectivity index (χ1) is 13.8. The van der Waals surface area contributed by atoms with E-state index in [1.165, 1.54) is 18.2 Å². The largest absolute Gasteiger partial charge is 0.427 e. The van der Waals surface area contributed by atoms with E-state index in [0.29, 0.717) is 5.56 Å². The van der Waals surface area contributed by atoms with Crippen molar-refractivity contribution in [1.29, 1.82) is 0 Å². The normalized spacial score (nSPS) is 15.2. The molecule has 148 valence electrons. The van der Waals surface area contributed by atoms with Crippen molar-refractivity contribution in [3.05, 3.63) is 95.5 Å². The molecule has 0 aliphatic heterocycles. The summed E-state index contributed by atoms with van der Waals surface area (Å²) in [6.45, 7) is 9.01. The van der Waals surface area contributed by atoms with E-state index in [2.05, 4.69) is 13.2 Å². The van der Waals surface area contributed by atoms with Gasteiger partial charge in [0.15, 0.2) is 0 Å². The lowest BCUT2D eigenvalue weighted by Crippen LogP contribution is -2.04. The SMILES string of the molecule is C=CC(=C)OC(=O)CC1=C(C)C(=Cc2ccc(S(C)=O)cc2)c2ccc(F)cc21. The average molecular weight is 408 g/mol. The fraction of sp³-hybridized carbons (Fsp3) is 0.125. The molecule has 3 rings (SSSR count). The molecule has 0 fully saturated rings. The van der Waals surface area contributed by atoms with E-state index in [4.69, 9.17) is 4.74 Å². The number of ether oxygens (including phenoxy) is 1. The van der Waals surface area contributed by atoms with Gasteiger partial charge in [-0.05, 0) is 76.8 Å². The molecule has 5 heteroatoms. The van der Waals surface area contributed by atoms with Crippen molar-refractivity contribution in [2.24, 2.45) is 0 Å². The van der Waals surface area contributed by atoms with Crippen LogP contribution in [0.25, 0.3) is 17.2 Å². The fourth-order valence-corrected chi connectivity index (χ4v) is 3.79. The van der Waals surface area contributed by atoms with E-state index in [1.807, 2.05) is 37.3 Å². The molecule has 0 bridgehead atoms. The molecule has 2 aromatic carbocycles. The Morgan fingerprint density at radius 1 is 1.17 bits per heavy atom. The van der Waals surface area contributed by atoms with Gasteiger partial charge in [-0.2, -0.15) is 0 Å². The van der Waals surface area contributed by atoms with Crippen molar-refractivity contribution >= 4 is 34.0 Å². The smallest absolute Gasteiger partial charge is 0.315 e. The van der Waals surface area contributed by atoms with Crippen molar-refractivity contribution < 1.29 is 18.1 Å². The maximum absolute atomic E-state index is 13.9. The number of allylic oxidation sites excluding steroid dienone is 3. The van der Waals surface area contributed by atoms with Crippen LogP contribution in [0.4, 0.5) is 4.39 Å². The van der Waals surface area contributed by atoms with Crippen LogP contribution in [0.3, 0.4) is 0 Å². The number of esters is 1. The monoisotopic (exact) mass is 408 g/mol. The van der Waals surface area contributed by atoms with Crippen molar-refractivity contribution in [3.8, 4) is 0 Å². The Morgan fingerprint density at radius 2 is 1.86 bits per heavy atom. The Kier molecular flexibility index (Phi) is 6.09. The second-order valence-corrected chi connectivity index (χ2v) is 8.08. The van der Waals surface area contributed by atoms with Crippen molar-refractivity contribution in [3.63, 3.8) is 0 Å². The van der Waals surface area contributed by atoms with Crippen molar-refractivity contribution in [1.82, 2.24) is 0 Å². The van der Waals surface area contributed by atoms with E-state index in [-0.39, 0.29) is 18.0 Å². The van der Waals surface area contributed by atoms with E-state index in [1.54, 1.807) is 12.3 Å². The second kappa shape index (κ2) is 8.53. The summed E-state index contributed by atoms with van der Waals surface area (Å²) in [6, 6.07) is 12.0. The standard InChI is InChI=1S/C24H21FO3S/c1-5-15(2)28-24(26)14-22-16(3)21(20-11-8-18(25)13-23(20)22)12-17-6-9-19(10-7-17)29(4)27/h5-13H,1-2,14H2,3-4H3. The molecule has 1 atom stereocenters. The zero-order valence-electron chi connectivity index (χ0n) is 16.3. The molecule has 0 N–H and O–H groups in total. The first-order valence-electron chi connectivity index (χ1n) is 8.97. The number of benzene rings is 2. The molecule has 1 unspecified atom stereocenters. The van der Waals surface area contributed by atoms with Crippen LogP contribution < -0.4 is 0 Å². The Bertz CT molecular complexity index is 1090. The minimum Gasteiger partial charge on any atom is -0.427 e. The molecule has 1 aliphatic rings. The molecule has 0 radical (unpaired) electrons. The van der Waals surface area contributed by atoms with Gasteiger partial charge in [-0.3, -0.25) is 9.00 Å². The van der Waals surface area contributed by atoms with E-state index >= 15 is 0 Å². The van der Waals surface area contributed by atoms with Gasteiger partial charge in [0.05, 0.1) is 6.42 Å². The highest BCUT2D eigenvalue weighted by Crippen LogP contribution is 2.44. The molecule has 3 nitrogen and oxygen atoms in total. The van der Waals surface area contributed by atoms with Gasteiger partial charge in [-0.1, -0.05) is 31.4 Å². The van der Waals surface area contributed by atoms with E-state index in [0.717, 1.165) is 32.7 Å². The highest BCUT2D eigenvalue weighted by molar-refractivity contribution is 7.84. The Labute approximate surface area is 172 Å². The summed E-state index contributed by atoms with van der Waals surface area (Å²) in [6.07, 6.45) is 4.98. The molecule has 1 aliphatic carbocycles. The zero-order valence-corrected chi connectivity index (χ0v) is 17.1. The lowest BCUT2D eigenvalue weighted by atomic mass is 10.0. The van der Waals surface area contributed by atoms with Gasteiger partial charge >= 0.3 is 5.97 Å². The zero-order chi connectivity index (χ0) is 21.1. The quantitative estimate of drug-likeness (QED) is 0.359. The summed E-state index contributed by atoms with van der Waals surface area (Å²) in [5.74, 6) is -0.667. The van der Waals surface area contributed by atoms with Gasteiger partial charge in [0.1, 0.15) is 11.6 Å². The van der Waals surface area contributed by atoms with Crippen molar-refractivity contribution in [2.45, 2.75) is 18.2 Å². The van der Waals surface area contributed by atoms with Gasteiger partial charge in [-0.25, -0.2) is 4.39 Å². The molecular weight excluding hydrogens is 387 g/mol. The summed E-state index contributed by atoms with van der Waals surface area (Å²) in [4.78, 5) is 13.0. The van der Waals surface area contributed by atoms with Gasteiger partial charge in [0.25, 0.3) is 0 Å². The minimum atomic E-state index is -1.04. The topological polar surface area (TPSA) is 43.4 Å². The maximum atomic E-state index is 13.9. The summed E-state index contributed by atoms with van der Waals surface area (Å²) >= 11 is 0. The summed E-state index contributed by atoms with van der Waals surface area (Å²) in [5, 5.41) is 0. The highest BCUT2D eigenvalue weighted by atomic mass is 32.2. The predicted molar refractivity (Wildman–Crippen MR) is 116 cm³/mol. The number of fused-ring (bicyclic) bond motifs is 1. The molecule has 0 aromatic heterocycles. The third kappa shape index (κ3) is 4.51. The molecule has 2 aromatic rings. The predicted octanol–water partition coefficient (Wildman–Crippen LogP) is 5.52. The second-order valence-electron chi connectivity index (χ2n) is 6.70. The first-order valence-corrected chi connectivity index (χ1v) is 10.5. The summed E-state index contributed by atoms with van der Waals surface area (Å²) < 4.78 is 30.6. The third-order valence-corrected chi connectivity index (χ3v) is 5.71. The minimum absolute atomic E-state index is 0.000239. The Morgan fingerprint density at radius 3 is 2.48 bits per heavy atom. The van der Waals surface area contributed by atoms with Crippen LogP contribution in [0.15, 0.2) is 77.9 Å². The lowest BCUT2D eigenvalue weighted by Gasteiger charge is -2.07. The van der Waals surface area contributed by atoms with E-state index in [9.17, 15) is 13.4 Å². The Hall–Kier alpha value is -3.05. The number of halogens is 1. The number of carbonyl (C=O) groups is 1. The molecule has 0 heterocycles. The van der Waals surface area contributed by atoms with Crippen LogP contribution in [0.2, 0.25) is 0 Å². The molecule has 0 spiro atoms. The maximum Gasteiger partial charge on any atom is 0.315 e. The molecule has 0 saturated carbocycles. The Balaban J connectivity index is 2.02. The van der Waals surface area contributed by atoms with Crippen LogP contribution in [-0.4, -0.2) is 16.4 Å². The lowest BCUT2D eigenvalue weighted by molar-refractivity contribution is -0.137. The molecule has 0 amide bonds. The van der Waals surface area contributed by atoms with Crippen LogP contribution in [0.5, 0.6) is 0 Å². The number of rotatable bonds is 6. The van der Waals surface area contributed by atoms with Gasteiger partial charge in [0, 0.05) is 22.0 Å². The van der Waals surface area contributed by atoms with Crippen LogP contribution in [-0.2, 0) is 20.3 Å². The average Bonchev–Trinajstić information content (AvgIpc) is 2.93. The van der Waals surface area contributed by atoms with Gasteiger partial charge < -0.3 is 4.74 Å².